The van der Waals surface area contributed by atoms with E-state index in [9.17, 15) is 13.2 Å². The topological polar surface area (TPSA) is 84.9 Å². The smallest absolute Gasteiger partial charge is 0.255 e. The monoisotopic (exact) mass is 418 g/mol. The first-order chi connectivity index (χ1) is 13.9. The molecule has 2 aromatic rings. The molecule has 0 bridgehead atoms. The van der Waals surface area contributed by atoms with Gasteiger partial charge in [-0.05, 0) is 69.2 Å². The van der Waals surface area contributed by atoms with E-state index in [0.717, 1.165) is 5.56 Å². The maximum Gasteiger partial charge on any atom is 0.255 e. The van der Waals surface area contributed by atoms with Gasteiger partial charge in [-0.3, -0.25) is 9.10 Å². The van der Waals surface area contributed by atoms with Crippen LogP contribution in [0.4, 0.5) is 11.4 Å². The van der Waals surface area contributed by atoms with Crippen LogP contribution in [0, 0.1) is 6.92 Å². The van der Waals surface area contributed by atoms with E-state index in [-0.39, 0.29) is 11.7 Å². The molecule has 1 heterocycles. The van der Waals surface area contributed by atoms with Gasteiger partial charge in [-0.2, -0.15) is 0 Å². The first-order valence-corrected chi connectivity index (χ1v) is 11.3. The van der Waals surface area contributed by atoms with Crippen LogP contribution in [0.25, 0.3) is 0 Å². The Labute approximate surface area is 171 Å². The number of ether oxygens (including phenoxy) is 2. The molecule has 1 saturated heterocycles. The molecular weight excluding hydrogens is 392 g/mol. The second-order valence-electron chi connectivity index (χ2n) is 6.72. The maximum atomic E-state index is 12.7. The summed E-state index contributed by atoms with van der Waals surface area (Å²) < 4.78 is 36.8. The van der Waals surface area contributed by atoms with Gasteiger partial charge in [0.25, 0.3) is 5.91 Å². The zero-order valence-electron chi connectivity index (χ0n) is 16.9. The number of rotatable bonds is 7. The summed E-state index contributed by atoms with van der Waals surface area (Å²) in [6.45, 7) is 7.05. The maximum absolute atomic E-state index is 12.7. The summed E-state index contributed by atoms with van der Waals surface area (Å²) in [5, 5.41) is 2.88. The van der Waals surface area contributed by atoms with Gasteiger partial charge < -0.3 is 14.8 Å². The molecule has 0 aromatic heterocycles. The standard InChI is InChI=1S/C21H26N2O5S/c1-4-27-19-10-7-16(14-20(19)28-5-2)21(24)22-18-9-8-17(13-15(18)3)23-11-6-12-29(23,25)26/h7-10,13-14H,4-6,11-12H2,1-3H3,(H,22,24). The van der Waals surface area contributed by atoms with Crippen LogP contribution in [-0.2, 0) is 10.0 Å². The third-order valence-electron chi connectivity index (χ3n) is 4.65. The molecule has 0 unspecified atom stereocenters. The number of amides is 1. The third-order valence-corrected chi connectivity index (χ3v) is 6.52. The second-order valence-corrected chi connectivity index (χ2v) is 8.74. The number of aryl methyl sites for hydroxylation is 1. The Morgan fingerprint density at radius 1 is 1.07 bits per heavy atom. The van der Waals surface area contributed by atoms with Gasteiger partial charge in [0.2, 0.25) is 10.0 Å². The normalized spacial score (nSPS) is 15.2. The molecule has 0 spiro atoms. The van der Waals surface area contributed by atoms with Gasteiger partial charge in [0, 0.05) is 17.8 Å². The number of hydrogen-bond acceptors (Lipinski definition) is 5. The van der Waals surface area contributed by atoms with Crippen molar-refractivity contribution in [1.82, 2.24) is 0 Å². The molecule has 7 nitrogen and oxygen atoms in total. The molecule has 1 fully saturated rings. The zero-order valence-corrected chi connectivity index (χ0v) is 17.7. The number of hydrogen-bond donors (Lipinski definition) is 1. The van der Waals surface area contributed by atoms with Crippen LogP contribution >= 0.6 is 0 Å². The Balaban J connectivity index is 1.79. The lowest BCUT2D eigenvalue weighted by atomic mass is 10.1. The summed E-state index contributed by atoms with van der Waals surface area (Å²) in [7, 11) is -3.23. The van der Waals surface area contributed by atoms with Gasteiger partial charge in [0.1, 0.15) is 0 Å². The number of carbonyl (C=O) groups excluding carboxylic acids is 1. The summed E-state index contributed by atoms with van der Waals surface area (Å²) in [5.41, 5.74) is 2.48. The number of sulfonamides is 1. The summed E-state index contributed by atoms with van der Waals surface area (Å²) in [5.74, 6) is 1.01. The van der Waals surface area contributed by atoms with E-state index in [1.54, 1.807) is 36.4 Å². The highest BCUT2D eigenvalue weighted by Crippen LogP contribution is 2.30. The number of carbonyl (C=O) groups is 1. The van der Waals surface area contributed by atoms with Gasteiger partial charge in [-0.15, -0.1) is 0 Å². The fourth-order valence-electron chi connectivity index (χ4n) is 3.26. The van der Waals surface area contributed by atoms with Gasteiger partial charge in [0.15, 0.2) is 11.5 Å². The van der Waals surface area contributed by atoms with Crippen molar-refractivity contribution in [2.24, 2.45) is 0 Å². The zero-order chi connectivity index (χ0) is 21.0. The number of nitrogens with zero attached hydrogens (tertiary/aromatic N) is 1. The highest BCUT2D eigenvalue weighted by Gasteiger charge is 2.28. The van der Waals surface area contributed by atoms with E-state index in [2.05, 4.69) is 5.32 Å². The van der Waals surface area contributed by atoms with E-state index in [4.69, 9.17) is 9.47 Å². The van der Waals surface area contributed by atoms with Crippen molar-refractivity contribution in [3.8, 4) is 11.5 Å². The van der Waals surface area contributed by atoms with Gasteiger partial charge in [-0.25, -0.2) is 8.42 Å². The molecule has 1 aliphatic heterocycles. The van der Waals surface area contributed by atoms with Crippen LogP contribution in [0.15, 0.2) is 36.4 Å². The van der Waals surface area contributed by atoms with Gasteiger partial charge >= 0.3 is 0 Å². The number of nitrogens with one attached hydrogen (secondary N) is 1. The Hall–Kier alpha value is -2.74. The van der Waals surface area contributed by atoms with Crippen LogP contribution in [0.3, 0.4) is 0 Å². The minimum absolute atomic E-state index is 0.171. The molecule has 0 radical (unpaired) electrons. The van der Waals surface area contributed by atoms with Crippen LogP contribution in [-0.4, -0.2) is 39.8 Å². The summed E-state index contributed by atoms with van der Waals surface area (Å²) >= 11 is 0. The second kappa shape index (κ2) is 8.73. The van der Waals surface area contributed by atoms with Crippen molar-refractivity contribution in [2.75, 3.05) is 35.1 Å². The highest BCUT2D eigenvalue weighted by molar-refractivity contribution is 7.93. The quantitative estimate of drug-likeness (QED) is 0.743. The Morgan fingerprint density at radius 2 is 1.79 bits per heavy atom. The molecule has 1 N–H and O–H groups in total. The third kappa shape index (κ3) is 4.64. The molecule has 2 aromatic carbocycles. The van der Waals surface area contributed by atoms with Crippen molar-refractivity contribution in [3.63, 3.8) is 0 Å². The lowest BCUT2D eigenvalue weighted by molar-refractivity contribution is 0.102. The minimum Gasteiger partial charge on any atom is -0.490 e. The average molecular weight is 419 g/mol. The largest absolute Gasteiger partial charge is 0.490 e. The summed E-state index contributed by atoms with van der Waals surface area (Å²) in [6.07, 6.45) is 0.625. The predicted octanol–water partition coefficient (Wildman–Crippen LogP) is 3.58. The van der Waals surface area contributed by atoms with Crippen molar-refractivity contribution >= 4 is 27.3 Å². The predicted molar refractivity (Wildman–Crippen MR) is 114 cm³/mol. The van der Waals surface area contributed by atoms with Crippen LogP contribution in [0.5, 0.6) is 11.5 Å². The van der Waals surface area contributed by atoms with E-state index in [0.29, 0.717) is 54.6 Å². The first-order valence-electron chi connectivity index (χ1n) is 9.67. The molecule has 0 atom stereocenters. The fraction of sp³-hybridized carbons (Fsp3) is 0.381. The lowest BCUT2D eigenvalue weighted by Crippen LogP contribution is -2.25. The molecule has 3 rings (SSSR count). The van der Waals surface area contributed by atoms with Crippen molar-refractivity contribution < 1.29 is 22.7 Å². The summed E-state index contributed by atoms with van der Waals surface area (Å²) in [4.78, 5) is 12.7. The molecule has 0 saturated carbocycles. The van der Waals surface area contributed by atoms with Crippen molar-refractivity contribution in [3.05, 3.63) is 47.5 Å². The molecule has 1 amide bonds. The number of benzene rings is 2. The van der Waals surface area contributed by atoms with Crippen LogP contribution in [0.1, 0.15) is 36.2 Å². The van der Waals surface area contributed by atoms with Crippen LogP contribution < -0.4 is 19.1 Å². The fourth-order valence-corrected chi connectivity index (χ4v) is 4.82. The molecule has 0 aliphatic carbocycles. The van der Waals surface area contributed by atoms with Crippen molar-refractivity contribution in [1.29, 1.82) is 0 Å². The SMILES string of the molecule is CCOc1ccc(C(=O)Nc2ccc(N3CCCS3(=O)=O)cc2C)cc1OCC. The molecule has 8 heteroatoms. The molecule has 1 aliphatic rings. The minimum atomic E-state index is -3.23. The summed E-state index contributed by atoms with van der Waals surface area (Å²) in [6, 6.07) is 10.3. The Morgan fingerprint density at radius 3 is 2.41 bits per heavy atom. The lowest BCUT2D eigenvalue weighted by Gasteiger charge is -2.19. The van der Waals surface area contributed by atoms with Crippen molar-refractivity contribution in [2.45, 2.75) is 27.2 Å². The average Bonchev–Trinajstić information content (AvgIpc) is 3.04. The number of anilines is 2. The van der Waals surface area contributed by atoms with Gasteiger partial charge in [0.05, 0.1) is 24.7 Å². The molecule has 156 valence electrons. The Kier molecular flexibility index (Phi) is 6.32. The van der Waals surface area contributed by atoms with Gasteiger partial charge in [-0.1, -0.05) is 0 Å². The molecule has 29 heavy (non-hydrogen) atoms. The van der Waals surface area contributed by atoms with E-state index >= 15 is 0 Å². The van der Waals surface area contributed by atoms with E-state index in [1.807, 2.05) is 20.8 Å². The highest BCUT2D eigenvalue weighted by atomic mass is 32.2. The molecular formula is C21H26N2O5S. The van der Waals surface area contributed by atoms with E-state index < -0.39 is 10.0 Å². The van der Waals surface area contributed by atoms with E-state index in [1.165, 1.54) is 4.31 Å². The van der Waals surface area contributed by atoms with Crippen LogP contribution in [0.2, 0.25) is 0 Å². The first kappa shape index (κ1) is 21.0. The Bertz CT molecular complexity index is 1000.